The van der Waals surface area contributed by atoms with Crippen molar-refractivity contribution < 1.29 is 4.79 Å². The van der Waals surface area contributed by atoms with Crippen LogP contribution in [-0.2, 0) is 0 Å². The maximum Gasteiger partial charge on any atom is 0.253 e. The van der Waals surface area contributed by atoms with Gasteiger partial charge >= 0.3 is 0 Å². The minimum atomic E-state index is 0.00434. The molecule has 0 atom stereocenters. The van der Waals surface area contributed by atoms with E-state index in [1.807, 2.05) is 6.07 Å². The average Bonchev–Trinajstić information content (AvgIpc) is 2.41. The second-order valence-corrected chi connectivity index (χ2v) is 5.89. The van der Waals surface area contributed by atoms with Gasteiger partial charge in [-0.1, -0.05) is 11.6 Å². The monoisotopic (exact) mass is 374 g/mol. The van der Waals surface area contributed by atoms with Gasteiger partial charge in [0.2, 0.25) is 0 Å². The molecule has 1 amide bonds. The van der Waals surface area contributed by atoms with E-state index >= 15 is 0 Å². The molecule has 0 saturated carbocycles. The number of nitriles is 1. The van der Waals surface area contributed by atoms with Crippen molar-refractivity contribution >= 4 is 40.1 Å². The van der Waals surface area contributed by atoms with Crippen molar-refractivity contribution in [3.05, 3.63) is 32.4 Å². The van der Waals surface area contributed by atoms with Crippen LogP contribution in [-0.4, -0.2) is 23.9 Å². The number of piperidine rings is 1. The molecule has 0 aromatic heterocycles. The number of nitrogens with zero attached hydrogens (tertiary/aromatic N) is 2. The van der Waals surface area contributed by atoms with Crippen molar-refractivity contribution in [3.63, 3.8) is 0 Å². The van der Waals surface area contributed by atoms with Gasteiger partial charge in [0.15, 0.2) is 0 Å². The van der Waals surface area contributed by atoms with E-state index in [1.165, 1.54) is 0 Å². The summed E-state index contributed by atoms with van der Waals surface area (Å²) in [6.45, 7) is 1.31. The molecule has 5 heteroatoms. The first-order chi connectivity index (χ1) is 8.61. The molecular weight excluding hydrogens is 363 g/mol. The van der Waals surface area contributed by atoms with Gasteiger partial charge in [0.1, 0.15) is 0 Å². The van der Waals surface area contributed by atoms with E-state index in [2.05, 4.69) is 28.7 Å². The number of halogens is 2. The maximum absolute atomic E-state index is 12.2. The molecule has 1 aromatic rings. The molecule has 3 nitrogen and oxygen atoms in total. The minimum absolute atomic E-state index is 0.00434. The molecular formula is C13H12ClIN2O. The van der Waals surface area contributed by atoms with Crippen LogP contribution < -0.4 is 0 Å². The largest absolute Gasteiger partial charge is 0.339 e. The summed E-state index contributed by atoms with van der Waals surface area (Å²) in [5, 5.41) is 9.43. The van der Waals surface area contributed by atoms with E-state index in [-0.39, 0.29) is 11.8 Å². The molecule has 94 valence electrons. The van der Waals surface area contributed by atoms with Crippen LogP contribution in [0.15, 0.2) is 18.2 Å². The van der Waals surface area contributed by atoms with E-state index in [0.29, 0.717) is 23.7 Å². The van der Waals surface area contributed by atoms with Crippen LogP contribution in [0.2, 0.25) is 5.02 Å². The molecule has 0 unspecified atom stereocenters. The summed E-state index contributed by atoms with van der Waals surface area (Å²) in [5.41, 5.74) is 0.621. The van der Waals surface area contributed by atoms with Crippen molar-refractivity contribution in [2.45, 2.75) is 12.8 Å². The van der Waals surface area contributed by atoms with Gasteiger partial charge in [-0.05, 0) is 53.6 Å². The molecule has 1 heterocycles. The minimum Gasteiger partial charge on any atom is -0.339 e. The Balaban J connectivity index is 2.08. The summed E-state index contributed by atoms with van der Waals surface area (Å²) >= 11 is 8.15. The van der Waals surface area contributed by atoms with E-state index < -0.39 is 0 Å². The topological polar surface area (TPSA) is 44.1 Å². The summed E-state index contributed by atoms with van der Waals surface area (Å²) < 4.78 is 0.939. The van der Waals surface area contributed by atoms with Crippen molar-refractivity contribution in [2.75, 3.05) is 13.1 Å². The quantitative estimate of drug-likeness (QED) is 0.708. The van der Waals surface area contributed by atoms with E-state index in [0.717, 1.165) is 16.4 Å². The van der Waals surface area contributed by atoms with E-state index in [1.54, 1.807) is 17.0 Å². The molecule has 1 aromatic carbocycles. The van der Waals surface area contributed by atoms with E-state index in [9.17, 15) is 4.79 Å². The Hall–Kier alpha value is -0.800. The third kappa shape index (κ3) is 2.96. The second kappa shape index (κ2) is 5.89. The predicted molar refractivity (Wildman–Crippen MR) is 78.4 cm³/mol. The zero-order chi connectivity index (χ0) is 13.1. The van der Waals surface area contributed by atoms with Crippen molar-refractivity contribution in [1.82, 2.24) is 4.90 Å². The summed E-state index contributed by atoms with van der Waals surface area (Å²) in [6.07, 6.45) is 1.53. The average molecular weight is 375 g/mol. The smallest absolute Gasteiger partial charge is 0.253 e. The van der Waals surface area contributed by atoms with Gasteiger partial charge in [0.25, 0.3) is 5.91 Å². The first-order valence-electron chi connectivity index (χ1n) is 5.75. The van der Waals surface area contributed by atoms with Crippen molar-refractivity contribution in [3.8, 4) is 6.07 Å². The number of carbonyl (C=O) groups excluding carboxylic acids is 1. The lowest BCUT2D eigenvalue weighted by Crippen LogP contribution is -2.38. The molecule has 2 rings (SSSR count). The lowest BCUT2D eigenvalue weighted by Gasteiger charge is -2.29. The number of hydrogen-bond donors (Lipinski definition) is 0. The Morgan fingerprint density at radius 3 is 2.67 bits per heavy atom. The van der Waals surface area contributed by atoms with Gasteiger partial charge in [-0.2, -0.15) is 5.26 Å². The molecule has 0 spiro atoms. The third-order valence-corrected chi connectivity index (χ3v) is 4.70. The van der Waals surface area contributed by atoms with Gasteiger partial charge in [-0.15, -0.1) is 0 Å². The second-order valence-electron chi connectivity index (χ2n) is 4.32. The summed E-state index contributed by atoms with van der Waals surface area (Å²) in [5.74, 6) is 0.0963. The Kier molecular flexibility index (Phi) is 4.46. The highest BCUT2D eigenvalue weighted by Gasteiger charge is 2.23. The molecule has 0 N–H and O–H groups in total. The standard InChI is InChI=1S/C13H12ClIN2O/c14-11-7-10(1-2-12(11)15)13(18)17-5-3-9(8-16)4-6-17/h1-2,7,9H,3-6H2. The van der Waals surface area contributed by atoms with Crippen LogP contribution in [0.25, 0.3) is 0 Å². The third-order valence-electron chi connectivity index (χ3n) is 3.13. The zero-order valence-electron chi connectivity index (χ0n) is 9.70. The first-order valence-corrected chi connectivity index (χ1v) is 7.21. The van der Waals surface area contributed by atoms with Crippen molar-refractivity contribution in [1.29, 1.82) is 5.26 Å². The fraction of sp³-hybridized carbons (Fsp3) is 0.385. The number of amides is 1. The van der Waals surface area contributed by atoms with Gasteiger partial charge in [0, 0.05) is 28.1 Å². The number of hydrogen-bond acceptors (Lipinski definition) is 2. The van der Waals surface area contributed by atoms with Crippen LogP contribution in [0.3, 0.4) is 0 Å². The highest BCUT2D eigenvalue weighted by atomic mass is 127. The molecule has 1 fully saturated rings. The van der Waals surface area contributed by atoms with Crippen LogP contribution in [0.5, 0.6) is 0 Å². The normalized spacial score (nSPS) is 16.4. The summed E-state index contributed by atoms with van der Waals surface area (Å²) in [4.78, 5) is 14.0. The lowest BCUT2D eigenvalue weighted by molar-refractivity contribution is 0.0707. The Bertz CT molecular complexity index is 504. The molecule has 1 aliphatic heterocycles. The lowest BCUT2D eigenvalue weighted by atomic mass is 9.98. The molecule has 1 aliphatic rings. The maximum atomic E-state index is 12.2. The summed E-state index contributed by atoms with van der Waals surface area (Å²) in [6, 6.07) is 7.61. The molecule has 18 heavy (non-hydrogen) atoms. The van der Waals surface area contributed by atoms with Crippen LogP contribution >= 0.6 is 34.2 Å². The number of benzene rings is 1. The van der Waals surface area contributed by atoms with Gasteiger partial charge in [-0.3, -0.25) is 4.79 Å². The molecule has 0 radical (unpaired) electrons. The highest BCUT2D eigenvalue weighted by Crippen LogP contribution is 2.22. The number of likely N-dealkylation sites (tertiary alicyclic amines) is 1. The van der Waals surface area contributed by atoms with Crippen LogP contribution in [0, 0.1) is 20.8 Å². The van der Waals surface area contributed by atoms with E-state index in [4.69, 9.17) is 16.9 Å². The van der Waals surface area contributed by atoms with Gasteiger partial charge in [-0.25, -0.2) is 0 Å². The fourth-order valence-corrected chi connectivity index (χ4v) is 2.54. The predicted octanol–water partition coefficient (Wildman–Crippen LogP) is 3.32. The van der Waals surface area contributed by atoms with Crippen molar-refractivity contribution in [2.24, 2.45) is 5.92 Å². The molecule has 0 aliphatic carbocycles. The Labute approximate surface area is 125 Å². The Morgan fingerprint density at radius 2 is 2.11 bits per heavy atom. The number of rotatable bonds is 1. The highest BCUT2D eigenvalue weighted by molar-refractivity contribution is 14.1. The molecule has 0 bridgehead atoms. The van der Waals surface area contributed by atoms with Crippen LogP contribution in [0.4, 0.5) is 0 Å². The fourth-order valence-electron chi connectivity index (χ4n) is 2.02. The first kappa shape index (κ1) is 13.6. The Morgan fingerprint density at radius 1 is 1.44 bits per heavy atom. The van der Waals surface area contributed by atoms with Gasteiger partial charge in [0.05, 0.1) is 11.1 Å². The van der Waals surface area contributed by atoms with Gasteiger partial charge < -0.3 is 4.90 Å². The zero-order valence-corrected chi connectivity index (χ0v) is 12.6. The molecule has 1 saturated heterocycles. The number of carbonyl (C=O) groups is 1. The SMILES string of the molecule is N#CC1CCN(C(=O)c2ccc(I)c(Cl)c2)CC1. The summed E-state index contributed by atoms with van der Waals surface area (Å²) in [7, 11) is 0. The van der Waals surface area contributed by atoms with Crippen LogP contribution in [0.1, 0.15) is 23.2 Å².